The molecule has 4 aliphatic rings. The number of aryl methyl sites for hydroxylation is 1. The van der Waals surface area contributed by atoms with Crippen molar-refractivity contribution in [1.82, 2.24) is 0 Å². The largest absolute Gasteiger partial charge is 0.378 e. The van der Waals surface area contributed by atoms with E-state index >= 15 is 0 Å². The van der Waals surface area contributed by atoms with E-state index in [1.807, 2.05) is 13.0 Å². The van der Waals surface area contributed by atoms with Crippen LogP contribution in [0.25, 0.3) is 0 Å². The maximum atomic E-state index is 12.2. The van der Waals surface area contributed by atoms with Crippen molar-refractivity contribution in [3.63, 3.8) is 0 Å². The highest BCUT2D eigenvalue weighted by Gasteiger charge is 2.62. The van der Waals surface area contributed by atoms with Gasteiger partial charge in [-0.25, -0.2) is 0 Å². The lowest BCUT2D eigenvalue weighted by Gasteiger charge is -2.54. The molecule has 3 heteroatoms. The number of allylic oxidation sites excluding steroid dienone is 4. The number of benzene rings is 1. The minimum absolute atomic E-state index is 0.234. The number of anilines is 1. The zero-order chi connectivity index (χ0) is 23.5. The molecule has 0 saturated heterocycles. The molecule has 0 aliphatic heterocycles. The Hall–Kier alpha value is -2.31. The van der Waals surface area contributed by atoms with Crippen molar-refractivity contribution in [3.05, 3.63) is 52.1 Å². The molecule has 5 atom stereocenters. The van der Waals surface area contributed by atoms with E-state index in [2.05, 4.69) is 62.9 Å². The SMILES string of the molecule is CC#C[C@]1(O)CC[C@H]2[C@@H]3CCC4=CC(=O)CCC4=C3[C@@H](c3cc(N(C)C)ccc3C)C[C@@]21C. The number of aliphatic hydroxyl groups is 1. The molecule has 4 aliphatic carbocycles. The van der Waals surface area contributed by atoms with Crippen molar-refractivity contribution < 1.29 is 9.90 Å². The monoisotopic (exact) mass is 443 g/mol. The summed E-state index contributed by atoms with van der Waals surface area (Å²) in [5, 5.41) is 11.8. The molecule has 1 N–H and O–H groups in total. The zero-order valence-corrected chi connectivity index (χ0v) is 20.8. The van der Waals surface area contributed by atoms with Gasteiger partial charge in [0.25, 0.3) is 0 Å². The molecular formula is C30H37NO2. The fourth-order valence-corrected chi connectivity index (χ4v) is 7.64. The van der Waals surface area contributed by atoms with Gasteiger partial charge in [-0.3, -0.25) is 4.79 Å². The summed E-state index contributed by atoms with van der Waals surface area (Å²) in [6.07, 6.45) is 8.22. The van der Waals surface area contributed by atoms with Gasteiger partial charge in [-0.05, 0) is 105 Å². The van der Waals surface area contributed by atoms with E-state index < -0.39 is 5.60 Å². The normalized spacial score (nSPS) is 35.2. The number of fused-ring (bicyclic) bond motifs is 4. The van der Waals surface area contributed by atoms with Gasteiger partial charge in [0.05, 0.1) is 0 Å². The number of carbonyl (C=O) groups is 1. The Balaban J connectivity index is 1.73. The van der Waals surface area contributed by atoms with Crippen LogP contribution in [-0.4, -0.2) is 30.6 Å². The zero-order valence-electron chi connectivity index (χ0n) is 20.8. The van der Waals surface area contributed by atoms with E-state index in [-0.39, 0.29) is 17.1 Å². The number of nitrogens with zero attached hydrogens (tertiary/aromatic N) is 1. The molecule has 0 radical (unpaired) electrons. The van der Waals surface area contributed by atoms with Crippen LogP contribution in [0.3, 0.4) is 0 Å². The van der Waals surface area contributed by atoms with Gasteiger partial charge in [-0.2, -0.15) is 0 Å². The van der Waals surface area contributed by atoms with Crippen LogP contribution in [-0.2, 0) is 4.79 Å². The summed E-state index contributed by atoms with van der Waals surface area (Å²) < 4.78 is 0. The Labute approximate surface area is 199 Å². The first-order valence-corrected chi connectivity index (χ1v) is 12.6. The van der Waals surface area contributed by atoms with Crippen molar-refractivity contribution >= 4 is 11.5 Å². The molecule has 1 aromatic rings. The maximum Gasteiger partial charge on any atom is 0.156 e. The number of hydrogen-bond acceptors (Lipinski definition) is 3. The minimum atomic E-state index is -0.924. The summed E-state index contributed by atoms with van der Waals surface area (Å²) in [4.78, 5) is 14.4. The Morgan fingerprint density at radius 1 is 1.15 bits per heavy atom. The molecule has 2 saturated carbocycles. The Bertz CT molecular complexity index is 1130. The molecule has 0 aromatic heterocycles. The van der Waals surface area contributed by atoms with E-state index in [1.54, 1.807) is 5.57 Å². The topological polar surface area (TPSA) is 40.5 Å². The Morgan fingerprint density at radius 3 is 2.67 bits per heavy atom. The van der Waals surface area contributed by atoms with Crippen LogP contribution >= 0.6 is 0 Å². The lowest BCUT2D eigenvalue weighted by atomic mass is 9.51. The van der Waals surface area contributed by atoms with E-state index in [9.17, 15) is 9.90 Å². The standard InChI is InChI=1S/C30H37NO2/c1-6-14-30(33)15-13-27-24-11-8-20-16-22(32)10-12-23(20)28(24)26(18-29(27,30)3)25-17-21(31(4)5)9-7-19(25)2/h7,9,16-17,24,26-27,33H,8,10-13,15,18H2,1-5H3/t24-,26+,27-,29-,30-/m0/s1. The maximum absolute atomic E-state index is 12.2. The number of hydrogen-bond donors (Lipinski definition) is 1. The second-order valence-corrected chi connectivity index (χ2v) is 11.2. The Morgan fingerprint density at radius 2 is 1.94 bits per heavy atom. The van der Waals surface area contributed by atoms with Crippen molar-refractivity contribution in [2.45, 2.75) is 77.2 Å². The van der Waals surface area contributed by atoms with Crippen LogP contribution in [0.4, 0.5) is 5.69 Å². The third kappa shape index (κ3) is 3.33. The number of rotatable bonds is 2. The highest BCUT2D eigenvalue weighted by molar-refractivity contribution is 5.93. The number of ketones is 1. The lowest BCUT2D eigenvalue weighted by Crippen LogP contribution is -2.51. The van der Waals surface area contributed by atoms with Crippen molar-refractivity contribution in [2.24, 2.45) is 17.3 Å². The predicted molar refractivity (Wildman–Crippen MR) is 134 cm³/mol. The molecule has 5 rings (SSSR count). The fourth-order valence-electron chi connectivity index (χ4n) is 7.64. The van der Waals surface area contributed by atoms with Crippen molar-refractivity contribution in [3.8, 4) is 11.8 Å². The molecule has 0 heterocycles. The second-order valence-electron chi connectivity index (χ2n) is 11.2. The van der Waals surface area contributed by atoms with Crippen molar-refractivity contribution in [1.29, 1.82) is 0 Å². The van der Waals surface area contributed by atoms with Crippen LogP contribution < -0.4 is 4.90 Å². The summed E-state index contributed by atoms with van der Waals surface area (Å²) in [5.74, 6) is 7.76. The molecule has 0 amide bonds. The molecule has 0 spiro atoms. The second kappa shape index (κ2) is 7.88. The average molecular weight is 444 g/mol. The van der Waals surface area contributed by atoms with Crippen LogP contribution in [0, 0.1) is 36.0 Å². The van der Waals surface area contributed by atoms with Crippen LogP contribution in [0.1, 0.15) is 75.8 Å². The predicted octanol–water partition coefficient (Wildman–Crippen LogP) is 5.71. The van der Waals surface area contributed by atoms with Crippen LogP contribution in [0.5, 0.6) is 0 Å². The molecular weight excluding hydrogens is 406 g/mol. The molecule has 1 aromatic carbocycles. The summed E-state index contributed by atoms with van der Waals surface area (Å²) in [6.45, 7) is 6.38. The lowest BCUT2D eigenvalue weighted by molar-refractivity contribution is -0.114. The Kier molecular flexibility index (Phi) is 5.37. The first-order chi connectivity index (χ1) is 15.7. The summed E-state index contributed by atoms with van der Waals surface area (Å²) in [5.41, 5.74) is 7.07. The minimum Gasteiger partial charge on any atom is -0.378 e. The number of carbonyl (C=O) groups excluding carboxylic acids is 1. The quantitative estimate of drug-likeness (QED) is 0.595. The van der Waals surface area contributed by atoms with Gasteiger partial charge >= 0.3 is 0 Å². The van der Waals surface area contributed by atoms with E-state index in [1.165, 1.54) is 28.0 Å². The third-order valence-corrected chi connectivity index (χ3v) is 9.37. The smallest absolute Gasteiger partial charge is 0.156 e. The highest BCUT2D eigenvalue weighted by atomic mass is 16.3. The van der Waals surface area contributed by atoms with Crippen molar-refractivity contribution in [2.75, 3.05) is 19.0 Å². The first-order valence-electron chi connectivity index (χ1n) is 12.6. The first kappa shape index (κ1) is 22.5. The summed E-state index contributed by atoms with van der Waals surface area (Å²) in [6, 6.07) is 6.80. The average Bonchev–Trinajstić information content (AvgIpc) is 3.03. The molecule has 174 valence electrons. The molecule has 0 unspecified atom stereocenters. The highest BCUT2D eigenvalue weighted by Crippen LogP contribution is 2.66. The van der Waals surface area contributed by atoms with E-state index in [0.717, 1.165) is 38.5 Å². The third-order valence-electron chi connectivity index (χ3n) is 9.37. The molecule has 2 fully saturated rings. The van der Waals surface area contributed by atoms with Gasteiger partial charge in [0.1, 0.15) is 5.60 Å². The van der Waals surface area contributed by atoms with E-state index in [4.69, 9.17) is 0 Å². The van der Waals surface area contributed by atoms with Crippen LogP contribution in [0.15, 0.2) is 41.0 Å². The van der Waals surface area contributed by atoms with Gasteiger partial charge in [0.2, 0.25) is 0 Å². The van der Waals surface area contributed by atoms with E-state index in [0.29, 0.717) is 18.3 Å². The fraction of sp³-hybridized carbons (Fsp3) is 0.567. The molecule has 0 bridgehead atoms. The molecule has 3 nitrogen and oxygen atoms in total. The van der Waals surface area contributed by atoms with Gasteiger partial charge in [-0.1, -0.05) is 24.5 Å². The summed E-state index contributed by atoms with van der Waals surface area (Å²) in [7, 11) is 4.19. The van der Waals surface area contributed by atoms with Crippen LogP contribution in [0.2, 0.25) is 0 Å². The summed E-state index contributed by atoms with van der Waals surface area (Å²) >= 11 is 0. The van der Waals surface area contributed by atoms with Gasteiger partial charge in [0.15, 0.2) is 5.78 Å². The van der Waals surface area contributed by atoms with Gasteiger partial charge in [-0.15, -0.1) is 5.92 Å². The molecule has 33 heavy (non-hydrogen) atoms. The van der Waals surface area contributed by atoms with Gasteiger partial charge < -0.3 is 10.0 Å². The van der Waals surface area contributed by atoms with Gasteiger partial charge in [0, 0.05) is 37.5 Å².